The largest absolute Gasteiger partial charge is 0.544 e. The minimum atomic E-state index is -1.32. The van der Waals surface area contributed by atoms with E-state index in [-0.39, 0.29) is 6.73 Å². The zero-order chi connectivity index (χ0) is 15.4. The molecule has 118 valence electrons. The molecule has 2 N–H and O–H groups in total. The molecule has 0 rings (SSSR count). The maximum atomic E-state index is 10.9. The Morgan fingerprint density at radius 3 is 2.40 bits per heavy atom. The lowest BCUT2D eigenvalue weighted by molar-refractivity contribution is -0.990. The molecule has 0 spiro atoms. The van der Waals surface area contributed by atoms with Gasteiger partial charge in [0, 0.05) is 0 Å². The minimum Gasteiger partial charge on any atom is -0.544 e. The summed E-state index contributed by atoms with van der Waals surface area (Å²) >= 11 is 0. The van der Waals surface area contributed by atoms with Gasteiger partial charge in [-0.3, -0.25) is 0 Å². The standard InChI is InChI=1S/C14H27NO5/c1-3-4-5-6-7-8-9-20-12-15(10-16,11-17)13(2)14(18)19/h3,13,16-17H,1,4-12H2,2H3. The molecule has 0 fully saturated rings. The van der Waals surface area contributed by atoms with Crippen LogP contribution in [-0.2, 0) is 9.53 Å². The van der Waals surface area contributed by atoms with Gasteiger partial charge in [-0.25, -0.2) is 4.48 Å². The van der Waals surface area contributed by atoms with Crippen LogP contribution in [0.4, 0.5) is 0 Å². The summed E-state index contributed by atoms with van der Waals surface area (Å²) in [6.45, 7) is 4.46. The lowest BCUT2D eigenvalue weighted by Crippen LogP contribution is -2.62. The Kier molecular flexibility index (Phi) is 10.3. The van der Waals surface area contributed by atoms with Gasteiger partial charge in [0.15, 0.2) is 20.2 Å². The average Bonchev–Trinajstić information content (AvgIpc) is 2.45. The van der Waals surface area contributed by atoms with Crippen molar-refractivity contribution in [3.8, 4) is 0 Å². The summed E-state index contributed by atoms with van der Waals surface area (Å²) in [7, 11) is 0. The number of allylic oxidation sites excluding steroid dienone is 1. The van der Waals surface area contributed by atoms with Crippen molar-refractivity contribution < 1.29 is 29.3 Å². The lowest BCUT2D eigenvalue weighted by Gasteiger charge is -2.39. The van der Waals surface area contributed by atoms with Crippen molar-refractivity contribution in [1.82, 2.24) is 0 Å². The van der Waals surface area contributed by atoms with Crippen molar-refractivity contribution in [2.24, 2.45) is 0 Å². The van der Waals surface area contributed by atoms with Crippen LogP contribution in [0.15, 0.2) is 12.7 Å². The van der Waals surface area contributed by atoms with Crippen molar-refractivity contribution >= 4 is 5.97 Å². The molecule has 0 aliphatic rings. The zero-order valence-electron chi connectivity index (χ0n) is 12.3. The van der Waals surface area contributed by atoms with Crippen molar-refractivity contribution in [1.29, 1.82) is 0 Å². The highest BCUT2D eigenvalue weighted by atomic mass is 16.5. The number of carboxylic acids is 1. The Morgan fingerprint density at radius 2 is 1.90 bits per heavy atom. The third kappa shape index (κ3) is 6.47. The van der Waals surface area contributed by atoms with Gasteiger partial charge < -0.3 is 24.9 Å². The summed E-state index contributed by atoms with van der Waals surface area (Å²) in [4.78, 5) is 10.9. The number of quaternary nitrogens is 1. The number of ether oxygens (including phenoxy) is 1. The summed E-state index contributed by atoms with van der Waals surface area (Å²) in [5, 5.41) is 29.5. The summed E-state index contributed by atoms with van der Waals surface area (Å²) < 4.78 is 4.94. The molecule has 1 unspecified atom stereocenters. The smallest absolute Gasteiger partial charge is 0.187 e. The fraction of sp³-hybridized carbons (Fsp3) is 0.786. The summed E-state index contributed by atoms with van der Waals surface area (Å²) in [5.41, 5.74) is 0. The van der Waals surface area contributed by atoms with Crippen molar-refractivity contribution in [2.75, 3.05) is 26.8 Å². The normalized spacial score (nSPS) is 13.2. The SMILES string of the molecule is C=CCCCCCCOC[N+](CO)(CO)C(C)C(=O)[O-]. The third-order valence-corrected chi connectivity index (χ3v) is 3.52. The number of aliphatic carboxylic acids is 1. The van der Waals surface area contributed by atoms with E-state index in [1.165, 1.54) is 6.92 Å². The van der Waals surface area contributed by atoms with E-state index in [9.17, 15) is 20.1 Å². The number of aliphatic hydroxyl groups excluding tert-OH is 2. The Balaban J connectivity index is 3.98. The first-order valence-corrected chi connectivity index (χ1v) is 7.01. The Bertz CT molecular complexity index is 279. The van der Waals surface area contributed by atoms with Gasteiger partial charge >= 0.3 is 0 Å². The minimum absolute atomic E-state index is 0.0468. The molecule has 0 bridgehead atoms. The van der Waals surface area contributed by atoms with E-state index in [4.69, 9.17) is 4.74 Å². The monoisotopic (exact) mass is 289 g/mol. The molecule has 0 saturated carbocycles. The molecule has 6 heteroatoms. The van der Waals surface area contributed by atoms with Gasteiger partial charge in [-0.15, -0.1) is 6.58 Å². The van der Waals surface area contributed by atoms with Crippen molar-refractivity contribution in [2.45, 2.75) is 45.1 Å². The van der Waals surface area contributed by atoms with Gasteiger partial charge in [0.25, 0.3) is 0 Å². The van der Waals surface area contributed by atoms with E-state index in [0.29, 0.717) is 6.61 Å². The number of hydrogen-bond acceptors (Lipinski definition) is 5. The average molecular weight is 289 g/mol. The first-order chi connectivity index (χ1) is 9.54. The molecule has 1 atom stereocenters. The van der Waals surface area contributed by atoms with Crippen LogP contribution >= 0.6 is 0 Å². The molecule has 0 aromatic carbocycles. The fourth-order valence-corrected chi connectivity index (χ4v) is 1.80. The van der Waals surface area contributed by atoms with E-state index in [1.54, 1.807) is 0 Å². The third-order valence-electron chi connectivity index (χ3n) is 3.52. The topological polar surface area (TPSA) is 89.8 Å². The second-order valence-electron chi connectivity index (χ2n) is 5.03. The van der Waals surface area contributed by atoms with E-state index in [0.717, 1.165) is 32.1 Å². The summed E-state index contributed by atoms with van der Waals surface area (Å²) in [6.07, 6.45) is 7.02. The lowest BCUT2D eigenvalue weighted by atomic mass is 10.1. The predicted octanol–water partition coefficient (Wildman–Crippen LogP) is -0.0482. The highest BCUT2D eigenvalue weighted by molar-refractivity contribution is 5.69. The van der Waals surface area contributed by atoms with Gasteiger partial charge in [0.05, 0.1) is 12.6 Å². The van der Waals surface area contributed by atoms with Crippen LogP contribution < -0.4 is 5.11 Å². The number of carboxylic acid groups (broad SMARTS) is 1. The molecule has 0 heterocycles. The van der Waals surface area contributed by atoms with Crippen LogP contribution in [0.1, 0.15) is 39.0 Å². The second-order valence-corrected chi connectivity index (χ2v) is 5.03. The number of rotatable bonds is 13. The van der Waals surface area contributed by atoms with E-state index < -0.39 is 30.0 Å². The van der Waals surface area contributed by atoms with Gasteiger partial charge in [-0.2, -0.15) is 0 Å². The van der Waals surface area contributed by atoms with Crippen LogP contribution in [0.2, 0.25) is 0 Å². The highest BCUT2D eigenvalue weighted by Gasteiger charge is 2.34. The van der Waals surface area contributed by atoms with E-state index in [2.05, 4.69) is 6.58 Å². The molecular formula is C14H27NO5. The van der Waals surface area contributed by atoms with E-state index in [1.807, 2.05) is 6.08 Å². The molecule has 0 aromatic rings. The number of aliphatic hydroxyl groups is 2. The molecule has 20 heavy (non-hydrogen) atoms. The first-order valence-electron chi connectivity index (χ1n) is 7.01. The molecule has 0 aliphatic heterocycles. The molecule has 0 aliphatic carbocycles. The maximum absolute atomic E-state index is 10.9. The van der Waals surface area contributed by atoms with Crippen LogP contribution in [0.25, 0.3) is 0 Å². The van der Waals surface area contributed by atoms with Gasteiger partial charge in [0.1, 0.15) is 6.04 Å². The Labute approximate surface area is 120 Å². The van der Waals surface area contributed by atoms with Crippen LogP contribution in [-0.4, -0.2) is 53.5 Å². The molecule has 0 saturated heterocycles. The number of hydrogen-bond donors (Lipinski definition) is 2. The maximum Gasteiger partial charge on any atom is 0.187 e. The van der Waals surface area contributed by atoms with Crippen molar-refractivity contribution in [3.63, 3.8) is 0 Å². The second kappa shape index (κ2) is 10.8. The van der Waals surface area contributed by atoms with Gasteiger partial charge in [-0.1, -0.05) is 18.9 Å². The van der Waals surface area contributed by atoms with Crippen LogP contribution in [0.5, 0.6) is 0 Å². The summed E-state index contributed by atoms with van der Waals surface area (Å²) in [6, 6.07) is -1.03. The Hall–Kier alpha value is -0.950. The Morgan fingerprint density at radius 1 is 1.30 bits per heavy atom. The van der Waals surface area contributed by atoms with E-state index >= 15 is 0 Å². The van der Waals surface area contributed by atoms with Crippen molar-refractivity contribution in [3.05, 3.63) is 12.7 Å². The fourth-order valence-electron chi connectivity index (χ4n) is 1.80. The number of carbonyl (C=O) groups is 1. The predicted molar refractivity (Wildman–Crippen MR) is 73.0 cm³/mol. The number of nitrogens with zero attached hydrogens (tertiary/aromatic N) is 1. The molecule has 6 nitrogen and oxygen atoms in total. The van der Waals surface area contributed by atoms with Gasteiger partial charge in [0.2, 0.25) is 0 Å². The number of unbranched alkanes of at least 4 members (excludes halogenated alkanes) is 4. The zero-order valence-corrected chi connectivity index (χ0v) is 12.3. The molecular weight excluding hydrogens is 262 g/mol. The molecule has 0 amide bonds. The highest BCUT2D eigenvalue weighted by Crippen LogP contribution is 2.12. The molecule has 0 aromatic heterocycles. The summed E-state index contributed by atoms with van der Waals surface area (Å²) in [5.74, 6) is -1.32. The molecule has 0 radical (unpaired) electrons. The van der Waals surface area contributed by atoms with Gasteiger partial charge in [-0.05, 0) is 26.2 Å². The quantitative estimate of drug-likeness (QED) is 0.215. The first kappa shape index (κ1) is 19.1. The van der Waals surface area contributed by atoms with Crippen LogP contribution in [0, 0.1) is 0 Å². The number of carbonyl (C=O) groups excluding carboxylic acids is 1. The van der Waals surface area contributed by atoms with Crippen LogP contribution in [0.3, 0.4) is 0 Å².